The van der Waals surface area contributed by atoms with Gasteiger partial charge in [0.05, 0.1) is 13.2 Å². The highest BCUT2D eigenvalue weighted by Crippen LogP contribution is 2.38. The van der Waals surface area contributed by atoms with Crippen LogP contribution in [0, 0.1) is 0 Å². The molecule has 5 nitrogen and oxygen atoms in total. The minimum absolute atomic E-state index is 0.0578. The van der Waals surface area contributed by atoms with Crippen molar-refractivity contribution >= 4 is 23.5 Å². The van der Waals surface area contributed by atoms with Crippen LogP contribution >= 0.6 is 23.5 Å². The van der Waals surface area contributed by atoms with Gasteiger partial charge >= 0.3 is 0 Å². The second kappa shape index (κ2) is 5.94. The fourth-order valence-corrected chi connectivity index (χ4v) is 4.43. The van der Waals surface area contributed by atoms with Gasteiger partial charge in [-0.25, -0.2) is 4.68 Å². The van der Waals surface area contributed by atoms with Gasteiger partial charge in [-0.3, -0.25) is 0 Å². The predicted octanol–water partition coefficient (Wildman–Crippen LogP) is 1.47. The number of aliphatic hydroxyl groups excluding tert-OH is 1. The smallest absolute Gasteiger partial charge is 0.209 e. The average Bonchev–Trinajstić information content (AvgIpc) is 3.02. The number of tetrazole rings is 1. The lowest BCUT2D eigenvalue weighted by atomic mass is 10.1. The van der Waals surface area contributed by atoms with Crippen molar-refractivity contribution in [3.8, 4) is 0 Å². The van der Waals surface area contributed by atoms with Gasteiger partial charge in [0, 0.05) is 15.9 Å². The van der Waals surface area contributed by atoms with E-state index < -0.39 is 0 Å². The molecule has 0 saturated heterocycles. The first kappa shape index (κ1) is 13.0. The van der Waals surface area contributed by atoms with Crippen molar-refractivity contribution in [2.24, 2.45) is 0 Å². The Hall–Kier alpha value is -1.05. The topological polar surface area (TPSA) is 63.8 Å². The molecule has 19 heavy (non-hydrogen) atoms. The zero-order valence-electron chi connectivity index (χ0n) is 10.3. The number of hydrogen-bond donors (Lipinski definition) is 1. The van der Waals surface area contributed by atoms with Crippen LogP contribution in [-0.2, 0) is 13.0 Å². The third kappa shape index (κ3) is 2.93. The summed E-state index contributed by atoms with van der Waals surface area (Å²) in [7, 11) is 0. The lowest BCUT2D eigenvalue weighted by molar-refractivity contribution is 0.262. The Labute approximate surface area is 119 Å². The van der Waals surface area contributed by atoms with Gasteiger partial charge < -0.3 is 5.11 Å². The van der Waals surface area contributed by atoms with E-state index in [-0.39, 0.29) is 6.61 Å². The van der Waals surface area contributed by atoms with Gasteiger partial charge in [-0.05, 0) is 28.5 Å². The second-order valence-corrected chi connectivity index (χ2v) is 6.60. The van der Waals surface area contributed by atoms with Crippen molar-refractivity contribution in [2.75, 3.05) is 12.4 Å². The van der Waals surface area contributed by atoms with Crippen molar-refractivity contribution < 1.29 is 5.11 Å². The zero-order valence-corrected chi connectivity index (χ0v) is 11.9. The van der Waals surface area contributed by atoms with E-state index in [1.165, 1.54) is 10.5 Å². The highest BCUT2D eigenvalue weighted by atomic mass is 32.2. The Bertz CT molecular complexity index is 535. The summed E-state index contributed by atoms with van der Waals surface area (Å²) in [6, 6.07) is 8.56. The van der Waals surface area contributed by atoms with E-state index in [0.29, 0.717) is 11.8 Å². The third-order valence-electron chi connectivity index (χ3n) is 2.92. The summed E-state index contributed by atoms with van der Waals surface area (Å²) < 4.78 is 1.65. The molecular weight excluding hydrogens is 280 g/mol. The number of benzene rings is 1. The fraction of sp³-hybridized carbons (Fsp3) is 0.417. The summed E-state index contributed by atoms with van der Waals surface area (Å²) in [6.45, 7) is 0.510. The van der Waals surface area contributed by atoms with Gasteiger partial charge in [-0.2, -0.15) is 0 Å². The van der Waals surface area contributed by atoms with Gasteiger partial charge in [-0.1, -0.05) is 30.0 Å². The quantitative estimate of drug-likeness (QED) is 0.843. The zero-order chi connectivity index (χ0) is 13.1. The molecule has 1 N–H and O–H groups in total. The summed E-state index contributed by atoms with van der Waals surface area (Å²) in [4.78, 5) is 1.39. The van der Waals surface area contributed by atoms with Gasteiger partial charge in [0.15, 0.2) is 0 Å². The predicted molar refractivity (Wildman–Crippen MR) is 75.4 cm³/mol. The molecule has 1 aromatic carbocycles. The summed E-state index contributed by atoms with van der Waals surface area (Å²) in [6.07, 6.45) is 1.11. The number of rotatable bonds is 5. The van der Waals surface area contributed by atoms with E-state index in [2.05, 4.69) is 39.8 Å². The second-order valence-electron chi connectivity index (χ2n) is 4.27. The molecule has 1 aromatic heterocycles. The molecule has 1 aliphatic heterocycles. The molecule has 0 bridgehead atoms. The third-order valence-corrected chi connectivity index (χ3v) is 5.57. The highest BCUT2D eigenvalue weighted by Gasteiger charge is 2.22. The van der Waals surface area contributed by atoms with Crippen LogP contribution in [0.2, 0.25) is 0 Å². The number of aliphatic hydroxyl groups is 1. The first-order valence-electron chi connectivity index (χ1n) is 6.11. The maximum atomic E-state index is 8.93. The monoisotopic (exact) mass is 294 g/mol. The van der Waals surface area contributed by atoms with Gasteiger partial charge in [0.25, 0.3) is 0 Å². The van der Waals surface area contributed by atoms with Crippen molar-refractivity contribution in [3.05, 3.63) is 29.8 Å². The molecular formula is C12H14N4OS2. The molecule has 1 atom stereocenters. The van der Waals surface area contributed by atoms with Crippen LogP contribution in [0.3, 0.4) is 0 Å². The van der Waals surface area contributed by atoms with E-state index in [1.807, 2.05) is 11.8 Å². The number of fused-ring (bicyclic) bond motifs is 1. The standard InChI is InChI=1S/C12H14N4OS2/c17-6-5-16-12(13-14-15-16)18-8-10-7-9-3-1-2-4-11(9)19-10/h1-4,10,17H,5-8H2. The van der Waals surface area contributed by atoms with Crippen molar-refractivity contribution in [1.82, 2.24) is 20.2 Å². The van der Waals surface area contributed by atoms with E-state index in [0.717, 1.165) is 17.3 Å². The molecule has 0 radical (unpaired) electrons. The van der Waals surface area contributed by atoms with Crippen LogP contribution in [-0.4, -0.2) is 42.9 Å². The van der Waals surface area contributed by atoms with E-state index in [1.54, 1.807) is 16.4 Å². The molecule has 0 aliphatic carbocycles. The molecule has 0 fully saturated rings. The summed E-state index contributed by atoms with van der Waals surface area (Å²) >= 11 is 3.59. The van der Waals surface area contributed by atoms with Crippen LogP contribution in [0.15, 0.2) is 34.3 Å². The first-order valence-corrected chi connectivity index (χ1v) is 7.97. The number of aromatic nitrogens is 4. The van der Waals surface area contributed by atoms with Crippen LogP contribution in [0.1, 0.15) is 5.56 Å². The lowest BCUT2D eigenvalue weighted by Gasteiger charge is -2.07. The minimum Gasteiger partial charge on any atom is -0.394 e. The SMILES string of the molecule is OCCn1nnnc1SCC1Cc2ccccc2S1. The van der Waals surface area contributed by atoms with Crippen LogP contribution in [0.4, 0.5) is 0 Å². The molecule has 2 heterocycles. The van der Waals surface area contributed by atoms with Crippen molar-refractivity contribution in [3.63, 3.8) is 0 Å². The Morgan fingerprint density at radius 3 is 3.16 bits per heavy atom. The fourth-order valence-electron chi connectivity index (χ4n) is 2.05. The normalized spacial score (nSPS) is 17.6. The van der Waals surface area contributed by atoms with Crippen LogP contribution < -0.4 is 0 Å². The molecule has 2 aromatic rings. The average molecular weight is 294 g/mol. The van der Waals surface area contributed by atoms with Crippen molar-refractivity contribution in [2.45, 2.75) is 28.3 Å². The number of thioether (sulfide) groups is 2. The maximum absolute atomic E-state index is 8.93. The Morgan fingerprint density at radius 1 is 1.42 bits per heavy atom. The highest BCUT2D eigenvalue weighted by molar-refractivity contribution is 8.03. The van der Waals surface area contributed by atoms with Crippen LogP contribution in [0.5, 0.6) is 0 Å². The molecule has 1 unspecified atom stereocenters. The van der Waals surface area contributed by atoms with E-state index in [4.69, 9.17) is 5.11 Å². The van der Waals surface area contributed by atoms with E-state index in [9.17, 15) is 0 Å². The Morgan fingerprint density at radius 2 is 2.32 bits per heavy atom. The van der Waals surface area contributed by atoms with Crippen LogP contribution in [0.25, 0.3) is 0 Å². The molecule has 1 aliphatic rings. The van der Waals surface area contributed by atoms with Gasteiger partial charge in [0.1, 0.15) is 0 Å². The molecule has 0 saturated carbocycles. The summed E-state index contributed by atoms with van der Waals surface area (Å²) in [5.74, 6) is 0.977. The minimum atomic E-state index is 0.0578. The summed E-state index contributed by atoms with van der Waals surface area (Å²) in [5, 5.41) is 21.8. The van der Waals surface area contributed by atoms with Gasteiger partial charge in [0.2, 0.25) is 5.16 Å². The Balaban J connectivity index is 1.58. The molecule has 0 spiro atoms. The number of nitrogens with zero attached hydrogens (tertiary/aromatic N) is 4. The maximum Gasteiger partial charge on any atom is 0.209 e. The first-order chi connectivity index (χ1) is 9.36. The molecule has 3 rings (SSSR count). The molecule has 100 valence electrons. The largest absolute Gasteiger partial charge is 0.394 e. The molecule has 0 amide bonds. The summed E-state index contributed by atoms with van der Waals surface area (Å²) in [5.41, 5.74) is 1.44. The number of hydrogen-bond acceptors (Lipinski definition) is 6. The Kier molecular flexibility index (Phi) is 4.05. The van der Waals surface area contributed by atoms with E-state index >= 15 is 0 Å². The lowest BCUT2D eigenvalue weighted by Crippen LogP contribution is -2.09. The molecule has 7 heteroatoms. The van der Waals surface area contributed by atoms with Crippen molar-refractivity contribution in [1.29, 1.82) is 0 Å². The van der Waals surface area contributed by atoms with Gasteiger partial charge in [-0.15, -0.1) is 16.9 Å².